The normalized spacial score (nSPS) is 12.2. The van der Waals surface area contributed by atoms with Gasteiger partial charge in [0.2, 0.25) is 0 Å². The standard InChI is InChI=1S/C16H17BrFNO/c1-3-15(19-2)11-5-4-6-13(9-11)20-16-10-12(17)7-8-14(16)18/h4-10,15,19H,3H2,1-2H3. The van der Waals surface area contributed by atoms with E-state index in [-0.39, 0.29) is 17.6 Å². The fraction of sp³-hybridized carbons (Fsp3) is 0.250. The summed E-state index contributed by atoms with van der Waals surface area (Å²) in [6.45, 7) is 2.11. The van der Waals surface area contributed by atoms with Gasteiger partial charge in [0, 0.05) is 10.5 Å². The first-order valence-electron chi connectivity index (χ1n) is 6.54. The molecular weight excluding hydrogens is 321 g/mol. The Balaban J connectivity index is 2.25. The van der Waals surface area contributed by atoms with Gasteiger partial charge in [0.1, 0.15) is 5.75 Å². The molecular formula is C16H17BrFNO. The molecule has 2 aromatic rings. The van der Waals surface area contributed by atoms with Crippen LogP contribution in [0.15, 0.2) is 46.9 Å². The maximum Gasteiger partial charge on any atom is 0.165 e. The second-order valence-electron chi connectivity index (χ2n) is 4.50. The zero-order valence-electron chi connectivity index (χ0n) is 11.5. The number of benzene rings is 2. The monoisotopic (exact) mass is 337 g/mol. The predicted octanol–water partition coefficient (Wildman–Crippen LogP) is 5.05. The van der Waals surface area contributed by atoms with Crippen LogP contribution in [-0.2, 0) is 0 Å². The van der Waals surface area contributed by atoms with Crippen molar-refractivity contribution in [2.75, 3.05) is 7.05 Å². The highest BCUT2D eigenvalue weighted by molar-refractivity contribution is 9.10. The summed E-state index contributed by atoms with van der Waals surface area (Å²) in [5.41, 5.74) is 1.13. The van der Waals surface area contributed by atoms with Gasteiger partial charge >= 0.3 is 0 Å². The fourth-order valence-electron chi connectivity index (χ4n) is 2.08. The van der Waals surface area contributed by atoms with Gasteiger partial charge in [-0.15, -0.1) is 0 Å². The first-order chi connectivity index (χ1) is 9.63. The molecule has 20 heavy (non-hydrogen) atoms. The third kappa shape index (κ3) is 3.58. The molecule has 0 saturated heterocycles. The molecule has 2 rings (SSSR count). The van der Waals surface area contributed by atoms with Gasteiger partial charge in [-0.2, -0.15) is 0 Å². The highest BCUT2D eigenvalue weighted by Gasteiger charge is 2.09. The number of nitrogens with one attached hydrogen (secondary N) is 1. The molecule has 0 bridgehead atoms. The van der Waals surface area contributed by atoms with Crippen molar-refractivity contribution in [3.8, 4) is 11.5 Å². The Morgan fingerprint density at radius 1 is 1.25 bits per heavy atom. The minimum Gasteiger partial charge on any atom is -0.454 e. The molecule has 2 aromatic carbocycles. The van der Waals surface area contributed by atoms with Gasteiger partial charge in [-0.3, -0.25) is 0 Å². The van der Waals surface area contributed by atoms with Crippen molar-refractivity contribution >= 4 is 15.9 Å². The number of ether oxygens (including phenoxy) is 1. The van der Waals surface area contributed by atoms with Crippen LogP contribution in [0.5, 0.6) is 11.5 Å². The van der Waals surface area contributed by atoms with Gasteiger partial charge in [-0.1, -0.05) is 35.0 Å². The summed E-state index contributed by atoms with van der Waals surface area (Å²) in [5.74, 6) is 0.474. The topological polar surface area (TPSA) is 21.3 Å². The van der Waals surface area contributed by atoms with Crippen LogP contribution < -0.4 is 10.1 Å². The van der Waals surface area contributed by atoms with E-state index in [1.807, 2.05) is 31.3 Å². The first-order valence-corrected chi connectivity index (χ1v) is 7.33. The van der Waals surface area contributed by atoms with E-state index in [9.17, 15) is 4.39 Å². The van der Waals surface area contributed by atoms with Crippen molar-refractivity contribution in [1.82, 2.24) is 5.32 Å². The summed E-state index contributed by atoms with van der Waals surface area (Å²) in [5, 5.41) is 3.24. The van der Waals surface area contributed by atoms with Crippen molar-refractivity contribution in [3.63, 3.8) is 0 Å². The number of halogens is 2. The van der Waals surface area contributed by atoms with Crippen LogP contribution in [0, 0.1) is 5.82 Å². The van der Waals surface area contributed by atoms with Crippen molar-refractivity contribution in [2.24, 2.45) is 0 Å². The Bertz CT molecular complexity index is 584. The van der Waals surface area contributed by atoms with E-state index in [2.05, 4.69) is 28.2 Å². The maximum absolute atomic E-state index is 13.7. The Labute approximate surface area is 127 Å². The van der Waals surface area contributed by atoms with Crippen LogP contribution >= 0.6 is 15.9 Å². The highest BCUT2D eigenvalue weighted by Crippen LogP contribution is 2.29. The molecule has 0 heterocycles. The van der Waals surface area contributed by atoms with Crippen molar-refractivity contribution in [3.05, 3.63) is 58.3 Å². The minimum atomic E-state index is -0.376. The lowest BCUT2D eigenvalue weighted by Gasteiger charge is -2.15. The zero-order chi connectivity index (χ0) is 14.5. The molecule has 2 nitrogen and oxygen atoms in total. The zero-order valence-corrected chi connectivity index (χ0v) is 13.1. The highest BCUT2D eigenvalue weighted by atomic mass is 79.9. The largest absolute Gasteiger partial charge is 0.454 e. The lowest BCUT2D eigenvalue weighted by molar-refractivity contribution is 0.440. The smallest absolute Gasteiger partial charge is 0.165 e. The molecule has 4 heteroatoms. The summed E-state index contributed by atoms with van der Waals surface area (Å²) in [7, 11) is 1.93. The Morgan fingerprint density at radius 2 is 2.05 bits per heavy atom. The molecule has 1 atom stereocenters. The molecule has 0 fully saturated rings. The van der Waals surface area contributed by atoms with Crippen molar-refractivity contribution in [1.29, 1.82) is 0 Å². The molecule has 0 amide bonds. The molecule has 1 unspecified atom stereocenters. The number of hydrogen-bond acceptors (Lipinski definition) is 2. The van der Waals surface area contributed by atoms with Crippen LogP contribution in [-0.4, -0.2) is 7.05 Å². The summed E-state index contributed by atoms with van der Waals surface area (Å²) in [6.07, 6.45) is 0.977. The first kappa shape index (κ1) is 15.0. The molecule has 0 aromatic heterocycles. The second kappa shape index (κ2) is 6.86. The number of rotatable bonds is 5. The van der Waals surface area contributed by atoms with E-state index in [0.29, 0.717) is 5.75 Å². The van der Waals surface area contributed by atoms with E-state index >= 15 is 0 Å². The average Bonchev–Trinajstić information content (AvgIpc) is 2.45. The lowest BCUT2D eigenvalue weighted by Crippen LogP contribution is -2.14. The maximum atomic E-state index is 13.7. The summed E-state index contributed by atoms with van der Waals surface area (Å²) >= 11 is 3.31. The molecule has 1 N–H and O–H groups in total. The van der Waals surface area contributed by atoms with Gasteiger partial charge in [0.25, 0.3) is 0 Å². The Morgan fingerprint density at radius 3 is 2.75 bits per heavy atom. The van der Waals surface area contributed by atoms with Crippen LogP contribution in [0.3, 0.4) is 0 Å². The molecule has 0 saturated carbocycles. The van der Waals surface area contributed by atoms with Crippen LogP contribution in [0.1, 0.15) is 24.9 Å². The lowest BCUT2D eigenvalue weighted by atomic mass is 10.0. The molecule has 106 valence electrons. The summed E-state index contributed by atoms with van der Waals surface area (Å²) in [6, 6.07) is 12.6. The van der Waals surface area contributed by atoms with Crippen LogP contribution in [0.25, 0.3) is 0 Å². The van der Waals surface area contributed by atoms with E-state index < -0.39 is 0 Å². The summed E-state index contributed by atoms with van der Waals surface area (Å²) < 4.78 is 20.1. The number of hydrogen-bond donors (Lipinski definition) is 1. The molecule has 0 aliphatic heterocycles. The quantitative estimate of drug-likeness (QED) is 0.824. The van der Waals surface area contributed by atoms with Gasteiger partial charge in [0.15, 0.2) is 11.6 Å². The van der Waals surface area contributed by atoms with Gasteiger partial charge < -0.3 is 10.1 Å². The average molecular weight is 338 g/mol. The fourth-order valence-corrected chi connectivity index (χ4v) is 2.42. The van der Waals surface area contributed by atoms with Gasteiger partial charge in [-0.25, -0.2) is 4.39 Å². The Hall–Kier alpha value is -1.39. The van der Waals surface area contributed by atoms with E-state index in [1.54, 1.807) is 12.1 Å². The molecule has 0 aliphatic rings. The third-order valence-electron chi connectivity index (χ3n) is 3.14. The second-order valence-corrected chi connectivity index (χ2v) is 5.41. The van der Waals surface area contributed by atoms with Gasteiger partial charge in [0.05, 0.1) is 0 Å². The van der Waals surface area contributed by atoms with Crippen LogP contribution in [0.4, 0.5) is 4.39 Å². The predicted molar refractivity (Wildman–Crippen MR) is 82.7 cm³/mol. The van der Waals surface area contributed by atoms with Crippen LogP contribution in [0.2, 0.25) is 0 Å². The molecule has 0 radical (unpaired) electrons. The Kier molecular flexibility index (Phi) is 5.15. The van der Waals surface area contributed by atoms with E-state index in [4.69, 9.17) is 4.74 Å². The van der Waals surface area contributed by atoms with E-state index in [1.165, 1.54) is 6.07 Å². The SMILES string of the molecule is CCC(NC)c1cccc(Oc2cc(Br)ccc2F)c1. The van der Waals surface area contributed by atoms with Crippen molar-refractivity contribution in [2.45, 2.75) is 19.4 Å². The van der Waals surface area contributed by atoms with E-state index in [0.717, 1.165) is 16.5 Å². The summed E-state index contributed by atoms with van der Waals surface area (Å²) in [4.78, 5) is 0. The van der Waals surface area contributed by atoms with Crippen molar-refractivity contribution < 1.29 is 9.13 Å². The minimum absolute atomic E-state index is 0.217. The molecule has 0 spiro atoms. The van der Waals surface area contributed by atoms with Gasteiger partial charge in [-0.05, 0) is 49.4 Å². The third-order valence-corrected chi connectivity index (χ3v) is 3.63. The molecule has 0 aliphatic carbocycles.